The Morgan fingerprint density at radius 3 is 2.67 bits per heavy atom. The molecule has 7 heteroatoms. The fourth-order valence-corrected chi connectivity index (χ4v) is 5.03. The Bertz CT molecular complexity index is 1150. The molecule has 3 heterocycles. The molecule has 0 bridgehead atoms. The molecular formula is C26H27F3N2O2. The minimum Gasteiger partial charge on any atom is -0.377 e. The van der Waals surface area contributed by atoms with Crippen molar-refractivity contribution in [1.29, 1.82) is 0 Å². The highest BCUT2D eigenvalue weighted by Gasteiger charge is 2.33. The number of rotatable bonds is 5. The van der Waals surface area contributed by atoms with E-state index >= 15 is 0 Å². The Kier molecular flexibility index (Phi) is 5.91. The van der Waals surface area contributed by atoms with Crippen LogP contribution in [0.2, 0.25) is 0 Å². The van der Waals surface area contributed by atoms with Crippen molar-refractivity contribution in [2.45, 2.75) is 37.9 Å². The Hall–Kier alpha value is -2.80. The minimum atomic E-state index is -4.34. The molecular weight excluding hydrogens is 429 g/mol. The van der Waals surface area contributed by atoms with E-state index in [0.717, 1.165) is 29.8 Å². The molecule has 2 saturated heterocycles. The highest BCUT2D eigenvalue weighted by Crippen LogP contribution is 2.33. The van der Waals surface area contributed by atoms with Crippen molar-refractivity contribution >= 4 is 16.8 Å². The summed E-state index contributed by atoms with van der Waals surface area (Å²) in [4.78, 5) is 15.1. The number of hydrogen-bond donors (Lipinski definition) is 0. The first-order valence-electron chi connectivity index (χ1n) is 11.5. The summed E-state index contributed by atoms with van der Waals surface area (Å²) in [5.41, 5.74) is 1.47. The van der Waals surface area contributed by atoms with Crippen molar-refractivity contribution in [3.05, 3.63) is 71.4 Å². The van der Waals surface area contributed by atoms with Crippen LogP contribution in [0.3, 0.4) is 0 Å². The van der Waals surface area contributed by atoms with Crippen LogP contribution in [-0.2, 0) is 17.3 Å². The summed E-state index contributed by atoms with van der Waals surface area (Å²) in [6, 6.07) is 14.0. The number of fused-ring (bicyclic) bond motifs is 1. The van der Waals surface area contributed by atoms with Gasteiger partial charge in [-0.15, -0.1) is 0 Å². The van der Waals surface area contributed by atoms with Crippen molar-refractivity contribution < 1.29 is 22.7 Å². The molecule has 2 fully saturated rings. The molecule has 0 radical (unpaired) electrons. The fraction of sp³-hybridized carbons (Fsp3) is 0.423. The molecule has 0 aliphatic carbocycles. The maximum Gasteiger partial charge on any atom is 0.416 e. The molecule has 1 aromatic heterocycles. The number of carbonyl (C=O) groups is 1. The summed E-state index contributed by atoms with van der Waals surface area (Å²) in [5, 5.41) is 1.10. The lowest BCUT2D eigenvalue weighted by Gasteiger charge is -2.33. The van der Waals surface area contributed by atoms with Crippen LogP contribution in [0.25, 0.3) is 10.9 Å². The number of ether oxygens (including phenoxy) is 1. The standard InChI is InChI=1S/C26H27F3N2O2/c27-26(28,29)23-6-2-1-5-19(23)8-7-18-4-3-12-30(15-18)25(32)21-10-9-20-11-13-31(24(20)14-21)22-16-33-17-22/h1-2,5-6,9-11,13-14,18,22H,3-4,7-8,12,15-17H2/t18-/m1/s1. The van der Waals surface area contributed by atoms with Crippen molar-refractivity contribution in [3.63, 3.8) is 0 Å². The number of nitrogens with zero attached hydrogens (tertiary/aromatic N) is 2. The van der Waals surface area contributed by atoms with Crippen molar-refractivity contribution in [1.82, 2.24) is 9.47 Å². The van der Waals surface area contributed by atoms with Crippen molar-refractivity contribution in [2.24, 2.45) is 5.92 Å². The molecule has 3 aromatic rings. The molecule has 0 spiro atoms. The van der Waals surface area contributed by atoms with E-state index in [9.17, 15) is 18.0 Å². The Morgan fingerprint density at radius 1 is 1.09 bits per heavy atom. The number of amides is 1. The van der Waals surface area contributed by atoms with E-state index < -0.39 is 11.7 Å². The summed E-state index contributed by atoms with van der Waals surface area (Å²) in [5.74, 6) is 0.193. The first-order valence-corrected chi connectivity index (χ1v) is 11.5. The lowest BCUT2D eigenvalue weighted by atomic mass is 9.90. The maximum absolute atomic E-state index is 13.3. The molecule has 2 aromatic carbocycles. The molecule has 0 N–H and O–H groups in total. The molecule has 5 rings (SSSR count). The number of aryl methyl sites for hydroxylation is 1. The zero-order valence-electron chi connectivity index (χ0n) is 18.4. The van der Waals surface area contributed by atoms with Gasteiger partial charge in [-0.2, -0.15) is 13.2 Å². The number of benzene rings is 2. The van der Waals surface area contributed by atoms with Crippen LogP contribution < -0.4 is 0 Å². The lowest BCUT2D eigenvalue weighted by Crippen LogP contribution is -2.40. The monoisotopic (exact) mass is 456 g/mol. The summed E-state index contributed by atoms with van der Waals surface area (Å²) in [6.45, 7) is 2.65. The zero-order valence-corrected chi connectivity index (χ0v) is 18.4. The van der Waals surface area contributed by atoms with Gasteiger partial charge in [-0.1, -0.05) is 24.3 Å². The number of alkyl halides is 3. The van der Waals surface area contributed by atoms with E-state index in [-0.39, 0.29) is 11.8 Å². The predicted molar refractivity (Wildman–Crippen MR) is 120 cm³/mol. The van der Waals surface area contributed by atoms with E-state index in [4.69, 9.17) is 4.74 Å². The van der Waals surface area contributed by atoms with Gasteiger partial charge in [0.1, 0.15) is 0 Å². The third-order valence-corrected chi connectivity index (χ3v) is 6.94. The number of hydrogen-bond acceptors (Lipinski definition) is 2. The van der Waals surface area contributed by atoms with Crippen LogP contribution >= 0.6 is 0 Å². The van der Waals surface area contributed by atoms with E-state index in [1.165, 1.54) is 6.07 Å². The molecule has 1 amide bonds. The number of halogens is 3. The van der Waals surface area contributed by atoms with Crippen LogP contribution in [0.15, 0.2) is 54.7 Å². The SMILES string of the molecule is O=C(c1ccc2ccn(C3COC3)c2c1)N1CCC[C@H](CCc2ccccc2C(F)(F)F)C1. The van der Waals surface area contributed by atoms with Crippen LogP contribution in [0.5, 0.6) is 0 Å². The van der Waals surface area contributed by atoms with Crippen molar-refractivity contribution in [2.75, 3.05) is 26.3 Å². The smallest absolute Gasteiger partial charge is 0.377 e. The number of aromatic nitrogens is 1. The normalized spacial score (nSPS) is 19.6. The third kappa shape index (κ3) is 4.51. The second-order valence-corrected chi connectivity index (χ2v) is 9.14. The third-order valence-electron chi connectivity index (χ3n) is 6.94. The van der Waals surface area contributed by atoms with Gasteiger partial charge in [0.2, 0.25) is 0 Å². The molecule has 1 atom stereocenters. The van der Waals surface area contributed by atoms with Gasteiger partial charge in [-0.25, -0.2) is 0 Å². The highest BCUT2D eigenvalue weighted by molar-refractivity contribution is 5.98. The molecule has 0 saturated carbocycles. The first kappa shape index (κ1) is 22.0. The van der Waals surface area contributed by atoms with Crippen LogP contribution in [0.4, 0.5) is 13.2 Å². The van der Waals surface area contributed by atoms with Gasteiger partial charge in [0, 0.05) is 30.4 Å². The van der Waals surface area contributed by atoms with E-state index in [1.807, 2.05) is 29.3 Å². The molecule has 33 heavy (non-hydrogen) atoms. The maximum atomic E-state index is 13.3. The van der Waals surface area contributed by atoms with Gasteiger partial charge < -0.3 is 14.2 Å². The van der Waals surface area contributed by atoms with E-state index in [2.05, 4.69) is 10.6 Å². The predicted octanol–water partition coefficient (Wildman–Crippen LogP) is 5.72. The van der Waals surface area contributed by atoms with Gasteiger partial charge in [-0.3, -0.25) is 4.79 Å². The Labute approximate surface area is 190 Å². The zero-order chi connectivity index (χ0) is 23.0. The van der Waals surface area contributed by atoms with E-state index in [0.29, 0.717) is 56.3 Å². The van der Waals surface area contributed by atoms with Crippen LogP contribution in [0.1, 0.15) is 46.8 Å². The largest absolute Gasteiger partial charge is 0.416 e. The van der Waals surface area contributed by atoms with E-state index in [1.54, 1.807) is 12.1 Å². The molecule has 2 aliphatic rings. The summed E-state index contributed by atoms with van der Waals surface area (Å²) < 4.78 is 47.4. The highest BCUT2D eigenvalue weighted by atomic mass is 19.4. The Morgan fingerprint density at radius 2 is 1.91 bits per heavy atom. The number of carbonyl (C=O) groups excluding carboxylic acids is 1. The molecule has 4 nitrogen and oxygen atoms in total. The van der Waals surface area contributed by atoms with Crippen molar-refractivity contribution in [3.8, 4) is 0 Å². The van der Waals surface area contributed by atoms with Crippen LogP contribution in [0, 0.1) is 5.92 Å². The molecule has 0 unspecified atom stereocenters. The first-order chi connectivity index (χ1) is 15.9. The quantitative estimate of drug-likeness (QED) is 0.492. The average Bonchev–Trinajstić information content (AvgIpc) is 3.18. The van der Waals surface area contributed by atoms with Gasteiger partial charge in [-0.05, 0) is 66.8 Å². The number of piperidine rings is 1. The topological polar surface area (TPSA) is 34.5 Å². The molecule has 2 aliphatic heterocycles. The lowest BCUT2D eigenvalue weighted by molar-refractivity contribution is -0.138. The summed E-state index contributed by atoms with van der Waals surface area (Å²) >= 11 is 0. The average molecular weight is 457 g/mol. The number of likely N-dealkylation sites (tertiary alicyclic amines) is 1. The molecule has 174 valence electrons. The van der Waals surface area contributed by atoms with Gasteiger partial charge in [0.05, 0.1) is 24.8 Å². The minimum absolute atomic E-state index is 0.00472. The fourth-order valence-electron chi connectivity index (χ4n) is 5.03. The van der Waals surface area contributed by atoms with Crippen LogP contribution in [-0.4, -0.2) is 41.7 Å². The van der Waals surface area contributed by atoms with Gasteiger partial charge >= 0.3 is 6.18 Å². The van der Waals surface area contributed by atoms with Gasteiger partial charge in [0.15, 0.2) is 0 Å². The Balaban J connectivity index is 1.27. The summed E-state index contributed by atoms with van der Waals surface area (Å²) in [7, 11) is 0. The second kappa shape index (κ2) is 8.86. The van der Waals surface area contributed by atoms with Gasteiger partial charge in [0.25, 0.3) is 5.91 Å². The summed E-state index contributed by atoms with van der Waals surface area (Å²) in [6.07, 6.45) is 0.511. The second-order valence-electron chi connectivity index (χ2n) is 9.14.